The molecule has 0 bridgehead atoms. The van der Waals surface area contributed by atoms with E-state index in [0.717, 1.165) is 11.1 Å². The Morgan fingerprint density at radius 1 is 0.848 bits per heavy atom. The fourth-order valence-electron chi connectivity index (χ4n) is 3.32. The Labute approximate surface area is 189 Å². The topological polar surface area (TPSA) is 113 Å². The number of carbonyl (C=O) groups is 2. The van der Waals surface area contributed by atoms with Gasteiger partial charge in [-0.1, -0.05) is 60.7 Å². The number of aromatic nitrogens is 2. The van der Waals surface area contributed by atoms with Gasteiger partial charge < -0.3 is 9.72 Å². The van der Waals surface area contributed by atoms with E-state index in [1.54, 1.807) is 30.3 Å². The van der Waals surface area contributed by atoms with E-state index >= 15 is 0 Å². The van der Waals surface area contributed by atoms with Gasteiger partial charge in [0.1, 0.15) is 11.6 Å². The number of benzene rings is 3. The summed E-state index contributed by atoms with van der Waals surface area (Å²) in [7, 11) is 0. The van der Waals surface area contributed by atoms with Gasteiger partial charge >= 0.3 is 0 Å². The molecule has 1 aromatic heterocycles. The second-order valence-corrected chi connectivity index (χ2v) is 7.28. The summed E-state index contributed by atoms with van der Waals surface area (Å²) in [6.07, 6.45) is 0.266. The second-order valence-electron chi connectivity index (χ2n) is 7.28. The van der Waals surface area contributed by atoms with E-state index in [-0.39, 0.29) is 25.0 Å². The zero-order chi connectivity index (χ0) is 23.0. The van der Waals surface area contributed by atoms with E-state index in [1.807, 2.05) is 48.5 Å². The summed E-state index contributed by atoms with van der Waals surface area (Å²) in [5.74, 6) is 0.0600. The highest BCUT2D eigenvalue weighted by molar-refractivity contribution is 5.83. The van der Waals surface area contributed by atoms with Crippen molar-refractivity contribution in [3.05, 3.63) is 95.0 Å². The van der Waals surface area contributed by atoms with Crippen LogP contribution in [0.25, 0.3) is 22.0 Å². The maximum Gasteiger partial charge on any atom is 0.276 e. The average molecular weight is 442 g/mol. The predicted octanol–water partition coefficient (Wildman–Crippen LogP) is 2.75. The lowest BCUT2D eigenvalue weighted by Crippen LogP contribution is -2.44. The van der Waals surface area contributed by atoms with Crippen molar-refractivity contribution in [1.29, 1.82) is 0 Å². The molecule has 2 amide bonds. The molecule has 3 aromatic carbocycles. The Balaban J connectivity index is 1.26. The van der Waals surface area contributed by atoms with Crippen molar-refractivity contribution in [2.45, 2.75) is 12.8 Å². The van der Waals surface area contributed by atoms with Crippen LogP contribution in [0.5, 0.6) is 5.75 Å². The number of carbonyl (C=O) groups excluding carboxylic acids is 2. The lowest BCUT2D eigenvalue weighted by molar-refractivity contribution is -0.130. The van der Waals surface area contributed by atoms with Gasteiger partial charge in [0.25, 0.3) is 11.5 Å². The van der Waals surface area contributed by atoms with Crippen LogP contribution in [0.4, 0.5) is 0 Å². The van der Waals surface area contributed by atoms with Crippen LogP contribution in [0.1, 0.15) is 12.2 Å². The highest BCUT2D eigenvalue weighted by Gasteiger charge is 2.10. The Hall–Kier alpha value is -4.46. The molecule has 4 aromatic rings. The number of nitrogens with zero attached hydrogens (tertiary/aromatic N) is 1. The predicted molar refractivity (Wildman–Crippen MR) is 124 cm³/mol. The number of ether oxygens (including phenoxy) is 1. The minimum absolute atomic E-state index is 0.0409. The van der Waals surface area contributed by atoms with Crippen LogP contribution >= 0.6 is 0 Å². The molecule has 0 radical (unpaired) electrons. The summed E-state index contributed by atoms with van der Waals surface area (Å²) in [6, 6.07) is 24.1. The molecular formula is C25H22N4O4. The molecule has 166 valence electrons. The number of nitrogens with one attached hydrogen (secondary N) is 3. The summed E-state index contributed by atoms with van der Waals surface area (Å²) in [5.41, 5.74) is 6.84. The number of hydrazine groups is 1. The number of fused-ring (bicyclic) bond motifs is 1. The van der Waals surface area contributed by atoms with Gasteiger partial charge in [-0.3, -0.25) is 25.2 Å². The van der Waals surface area contributed by atoms with E-state index in [2.05, 4.69) is 20.8 Å². The van der Waals surface area contributed by atoms with Crippen LogP contribution in [0.2, 0.25) is 0 Å². The van der Waals surface area contributed by atoms with Crippen molar-refractivity contribution in [2.24, 2.45) is 0 Å². The Morgan fingerprint density at radius 2 is 1.55 bits per heavy atom. The van der Waals surface area contributed by atoms with Crippen molar-refractivity contribution in [2.75, 3.05) is 6.61 Å². The van der Waals surface area contributed by atoms with Gasteiger partial charge in [-0.2, -0.15) is 0 Å². The van der Waals surface area contributed by atoms with E-state index in [4.69, 9.17) is 4.74 Å². The third-order valence-electron chi connectivity index (χ3n) is 4.92. The molecule has 0 atom stereocenters. The highest BCUT2D eigenvalue weighted by atomic mass is 16.5. The SMILES string of the molecule is O=C(CCc1nc2ccccc2c(=O)[nH]1)NNC(=O)COc1ccccc1-c1ccccc1. The third-order valence-corrected chi connectivity index (χ3v) is 4.92. The first-order valence-electron chi connectivity index (χ1n) is 10.4. The van der Waals surface area contributed by atoms with Crippen LogP contribution in [0.15, 0.2) is 83.7 Å². The normalized spacial score (nSPS) is 10.5. The molecule has 0 saturated heterocycles. The van der Waals surface area contributed by atoms with Gasteiger partial charge in [-0.05, 0) is 23.8 Å². The lowest BCUT2D eigenvalue weighted by atomic mass is 10.1. The van der Waals surface area contributed by atoms with Crippen LogP contribution in [0.3, 0.4) is 0 Å². The summed E-state index contributed by atoms with van der Waals surface area (Å²) in [4.78, 5) is 43.3. The molecule has 1 heterocycles. The van der Waals surface area contributed by atoms with E-state index in [9.17, 15) is 14.4 Å². The van der Waals surface area contributed by atoms with Gasteiger partial charge in [-0.15, -0.1) is 0 Å². The molecule has 0 aliphatic heterocycles. The Bertz CT molecular complexity index is 1340. The largest absolute Gasteiger partial charge is 0.483 e. The molecule has 0 aliphatic rings. The van der Waals surface area contributed by atoms with Crippen LogP contribution < -0.4 is 21.1 Å². The lowest BCUT2D eigenvalue weighted by Gasteiger charge is -2.12. The number of aromatic amines is 1. The van der Waals surface area contributed by atoms with E-state index in [1.165, 1.54) is 0 Å². The number of hydrogen-bond acceptors (Lipinski definition) is 5. The van der Waals surface area contributed by atoms with Crippen molar-refractivity contribution < 1.29 is 14.3 Å². The van der Waals surface area contributed by atoms with Crippen molar-refractivity contribution in [1.82, 2.24) is 20.8 Å². The van der Waals surface area contributed by atoms with Gasteiger partial charge in [0, 0.05) is 18.4 Å². The maximum absolute atomic E-state index is 12.1. The summed E-state index contributed by atoms with van der Waals surface area (Å²) >= 11 is 0. The molecule has 33 heavy (non-hydrogen) atoms. The number of rotatable bonds is 7. The fourth-order valence-corrected chi connectivity index (χ4v) is 3.32. The summed E-state index contributed by atoms with van der Waals surface area (Å²) in [5, 5.41) is 0.492. The average Bonchev–Trinajstić information content (AvgIpc) is 2.85. The van der Waals surface area contributed by atoms with Crippen molar-refractivity contribution in [3.63, 3.8) is 0 Å². The van der Waals surface area contributed by atoms with Crippen LogP contribution in [0, 0.1) is 0 Å². The summed E-state index contributed by atoms with van der Waals surface area (Å²) < 4.78 is 5.66. The highest BCUT2D eigenvalue weighted by Crippen LogP contribution is 2.29. The molecule has 0 spiro atoms. The Kier molecular flexibility index (Phi) is 6.75. The zero-order valence-electron chi connectivity index (χ0n) is 17.7. The smallest absolute Gasteiger partial charge is 0.276 e. The molecule has 4 rings (SSSR count). The molecule has 0 aliphatic carbocycles. The van der Waals surface area contributed by atoms with Gasteiger partial charge in [0.05, 0.1) is 10.9 Å². The zero-order valence-corrected chi connectivity index (χ0v) is 17.7. The first kappa shape index (κ1) is 21.8. The standard InChI is InChI=1S/C25H22N4O4/c30-23(15-14-22-26-20-12-6-4-11-19(20)25(32)27-22)28-29-24(31)16-33-21-13-7-5-10-18(21)17-8-2-1-3-9-17/h1-13H,14-16H2,(H,28,30)(H,29,31)(H,26,27,32). The number of aryl methyl sites for hydroxylation is 1. The molecule has 8 nitrogen and oxygen atoms in total. The van der Waals surface area contributed by atoms with Crippen molar-refractivity contribution in [3.8, 4) is 16.9 Å². The minimum Gasteiger partial charge on any atom is -0.483 e. The number of para-hydroxylation sites is 2. The molecule has 0 unspecified atom stereocenters. The number of H-pyrrole nitrogens is 1. The maximum atomic E-state index is 12.1. The second kappa shape index (κ2) is 10.2. The van der Waals surface area contributed by atoms with E-state index < -0.39 is 11.8 Å². The summed E-state index contributed by atoms with van der Waals surface area (Å²) in [6.45, 7) is -0.260. The molecular weight excluding hydrogens is 420 g/mol. The number of hydrogen-bond donors (Lipinski definition) is 3. The van der Waals surface area contributed by atoms with Gasteiger partial charge in [0.2, 0.25) is 5.91 Å². The monoisotopic (exact) mass is 442 g/mol. The molecule has 0 fully saturated rings. The minimum atomic E-state index is -0.497. The Morgan fingerprint density at radius 3 is 2.39 bits per heavy atom. The third kappa shape index (κ3) is 5.62. The molecule has 3 N–H and O–H groups in total. The van der Waals surface area contributed by atoms with Crippen molar-refractivity contribution >= 4 is 22.7 Å². The molecule has 8 heteroatoms. The van der Waals surface area contributed by atoms with Gasteiger partial charge in [0.15, 0.2) is 6.61 Å². The first-order chi connectivity index (χ1) is 16.1. The van der Waals surface area contributed by atoms with E-state index in [0.29, 0.717) is 22.5 Å². The fraction of sp³-hybridized carbons (Fsp3) is 0.120. The van der Waals surface area contributed by atoms with Crippen LogP contribution in [-0.2, 0) is 16.0 Å². The quantitative estimate of drug-likeness (QED) is 0.381. The number of amides is 2. The van der Waals surface area contributed by atoms with Crippen LogP contribution in [-0.4, -0.2) is 28.4 Å². The van der Waals surface area contributed by atoms with Gasteiger partial charge in [-0.25, -0.2) is 4.98 Å². The molecule has 0 saturated carbocycles. The first-order valence-corrected chi connectivity index (χ1v) is 10.4.